The Bertz CT molecular complexity index is 953. The molecule has 6 aliphatic rings. The Hall–Kier alpha value is -2.60. The third-order valence-corrected chi connectivity index (χ3v) is 7.65. The van der Waals surface area contributed by atoms with E-state index in [1.165, 1.54) is 12.0 Å². The van der Waals surface area contributed by atoms with E-state index in [0.29, 0.717) is 24.0 Å². The van der Waals surface area contributed by atoms with Crippen LogP contribution in [0.15, 0.2) is 60.3 Å². The highest BCUT2D eigenvalue weighted by Gasteiger charge is 2.58. The van der Waals surface area contributed by atoms with E-state index in [4.69, 9.17) is 0 Å². The Kier molecular flexibility index (Phi) is 3.91. The molecule has 6 heteroatoms. The smallest absolute Gasteiger partial charge is 0.270 e. The molecule has 1 aromatic heterocycles. The van der Waals surface area contributed by atoms with Gasteiger partial charge in [0.1, 0.15) is 11.9 Å². The lowest BCUT2D eigenvalue weighted by atomic mass is 9.51. The fraction of sp³-hybridized carbons (Fsp3) is 0.500. The molecule has 1 aromatic rings. The van der Waals surface area contributed by atoms with E-state index in [-0.39, 0.29) is 17.6 Å². The minimum absolute atomic E-state index is 0.00453. The molecule has 0 spiro atoms. The maximum Gasteiger partial charge on any atom is 0.270 e. The van der Waals surface area contributed by atoms with Crippen molar-refractivity contribution in [1.82, 2.24) is 15.5 Å². The molecule has 6 nitrogen and oxygen atoms in total. The lowest BCUT2D eigenvalue weighted by molar-refractivity contribution is -0.378. The van der Waals surface area contributed by atoms with Crippen molar-refractivity contribution >= 4 is 5.91 Å². The SMILES string of the molecule is O=C(NC12CC3CC(CC(O)(C3)C1)C2)C1=C2C=CC=CN2C(Cc2cc[nH+]cc2)N1. The second-order valence-corrected chi connectivity index (χ2v) is 10.1. The number of carbonyl (C=O) groups is 1. The highest BCUT2D eigenvalue weighted by Crippen LogP contribution is 2.57. The summed E-state index contributed by atoms with van der Waals surface area (Å²) < 4.78 is 0. The van der Waals surface area contributed by atoms with Gasteiger partial charge in [-0.15, -0.1) is 0 Å². The normalized spacial score (nSPS) is 38.0. The molecule has 3 atom stereocenters. The molecule has 4 saturated carbocycles. The van der Waals surface area contributed by atoms with Crippen molar-refractivity contribution in [1.29, 1.82) is 0 Å². The first-order chi connectivity index (χ1) is 14.5. The summed E-state index contributed by atoms with van der Waals surface area (Å²) in [6, 6.07) is 4.14. The average molecular weight is 406 g/mol. The Morgan fingerprint density at radius 1 is 1.20 bits per heavy atom. The van der Waals surface area contributed by atoms with E-state index < -0.39 is 5.60 Å². The van der Waals surface area contributed by atoms with Crippen LogP contribution in [-0.2, 0) is 11.2 Å². The van der Waals surface area contributed by atoms with Gasteiger partial charge >= 0.3 is 0 Å². The van der Waals surface area contributed by atoms with Crippen molar-refractivity contribution in [3.8, 4) is 0 Å². The molecule has 0 saturated heterocycles. The van der Waals surface area contributed by atoms with Gasteiger partial charge in [0, 0.05) is 30.3 Å². The zero-order chi connectivity index (χ0) is 20.3. The van der Waals surface area contributed by atoms with Crippen molar-refractivity contribution in [2.75, 3.05) is 0 Å². The molecule has 0 radical (unpaired) electrons. The third kappa shape index (κ3) is 2.97. The summed E-state index contributed by atoms with van der Waals surface area (Å²) in [4.78, 5) is 18.7. The van der Waals surface area contributed by atoms with Crippen LogP contribution >= 0.6 is 0 Å². The summed E-state index contributed by atoms with van der Waals surface area (Å²) in [7, 11) is 0. The second-order valence-electron chi connectivity index (χ2n) is 10.1. The Labute approximate surface area is 176 Å². The molecule has 3 unspecified atom stereocenters. The molecule has 156 valence electrons. The number of nitrogens with one attached hydrogen (secondary N) is 3. The zero-order valence-corrected chi connectivity index (χ0v) is 17.1. The molecule has 0 aromatic carbocycles. The van der Waals surface area contributed by atoms with Crippen LogP contribution in [0.3, 0.4) is 0 Å². The van der Waals surface area contributed by atoms with Gasteiger partial charge < -0.3 is 20.6 Å². The summed E-state index contributed by atoms with van der Waals surface area (Å²) in [6.45, 7) is 0. The number of aromatic nitrogens is 1. The number of rotatable bonds is 4. The number of allylic oxidation sites excluding steroid dienone is 3. The van der Waals surface area contributed by atoms with Gasteiger partial charge in [0.05, 0.1) is 11.3 Å². The number of aliphatic hydroxyl groups is 1. The number of H-pyrrole nitrogens is 1. The molecule has 4 fully saturated rings. The van der Waals surface area contributed by atoms with E-state index in [0.717, 1.165) is 37.8 Å². The molecular weight excluding hydrogens is 376 g/mol. The van der Waals surface area contributed by atoms with Crippen molar-refractivity contribution in [3.63, 3.8) is 0 Å². The summed E-state index contributed by atoms with van der Waals surface area (Å²) in [5.74, 6) is 1.05. The second kappa shape index (κ2) is 6.45. The maximum absolute atomic E-state index is 13.5. The lowest BCUT2D eigenvalue weighted by Crippen LogP contribution is -2.65. The predicted octanol–water partition coefficient (Wildman–Crippen LogP) is 1.77. The van der Waals surface area contributed by atoms with E-state index in [2.05, 4.69) is 32.7 Å². The molecule has 30 heavy (non-hydrogen) atoms. The third-order valence-electron chi connectivity index (χ3n) is 7.65. The van der Waals surface area contributed by atoms with Crippen molar-refractivity contribution in [2.24, 2.45) is 11.8 Å². The predicted molar refractivity (Wildman–Crippen MR) is 111 cm³/mol. The Morgan fingerprint density at radius 3 is 2.70 bits per heavy atom. The molecular formula is C24H29N4O2+. The van der Waals surface area contributed by atoms with Crippen molar-refractivity contribution < 1.29 is 14.9 Å². The van der Waals surface area contributed by atoms with Crippen molar-refractivity contribution in [3.05, 3.63) is 65.9 Å². The van der Waals surface area contributed by atoms with Gasteiger partial charge in [0.2, 0.25) is 0 Å². The fourth-order valence-electron chi connectivity index (χ4n) is 7.03. The van der Waals surface area contributed by atoms with Gasteiger partial charge in [-0.05, 0) is 68.1 Å². The molecule has 4 aliphatic carbocycles. The maximum atomic E-state index is 13.5. The van der Waals surface area contributed by atoms with Crippen LogP contribution < -0.4 is 15.6 Å². The van der Waals surface area contributed by atoms with Crippen LogP contribution in [0.4, 0.5) is 0 Å². The highest BCUT2D eigenvalue weighted by molar-refractivity contribution is 5.95. The largest absolute Gasteiger partial charge is 0.390 e. The first-order valence-electron chi connectivity index (χ1n) is 11.1. The van der Waals surface area contributed by atoms with Crippen LogP contribution in [0.2, 0.25) is 0 Å². The van der Waals surface area contributed by atoms with Gasteiger partial charge in [0.15, 0.2) is 12.4 Å². The molecule has 3 heterocycles. The van der Waals surface area contributed by atoms with Crippen molar-refractivity contribution in [2.45, 2.75) is 62.3 Å². The molecule has 1 amide bonds. The Balaban J connectivity index is 1.24. The average Bonchev–Trinajstić information content (AvgIpc) is 3.05. The number of aromatic amines is 1. The van der Waals surface area contributed by atoms with Crippen LogP contribution in [0.1, 0.15) is 44.1 Å². The zero-order valence-electron chi connectivity index (χ0n) is 17.1. The van der Waals surface area contributed by atoms with Gasteiger partial charge in [0.25, 0.3) is 5.91 Å². The number of amides is 1. The summed E-state index contributed by atoms with van der Waals surface area (Å²) in [5.41, 5.74) is 1.94. The van der Waals surface area contributed by atoms with E-state index in [1.807, 2.05) is 36.8 Å². The fourth-order valence-corrected chi connectivity index (χ4v) is 7.03. The molecule has 2 aliphatic heterocycles. The van der Waals surface area contributed by atoms with E-state index >= 15 is 0 Å². The standard InChI is InChI=1S/C24H28N4O2/c29-22(27-23-11-17-9-18(12-23)14-24(30,13-17)15-23)21-19-3-1-2-8-28(19)20(26-21)10-16-4-6-25-7-5-16/h1-8,17-18,20,26,30H,9-15H2,(H,27,29)/p+1. The number of pyridine rings is 1. The summed E-state index contributed by atoms with van der Waals surface area (Å²) >= 11 is 0. The number of carbonyl (C=O) groups excluding carboxylic acids is 1. The molecule has 7 rings (SSSR count). The summed E-state index contributed by atoms with van der Waals surface area (Å²) in [6.07, 6.45) is 18.4. The van der Waals surface area contributed by atoms with Crippen LogP contribution in [0.5, 0.6) is 0 Å². The van der Waals surface area contributed by atoms with Gasteiger partial charge in [-0.3, -0.25) is 4.79 Å². The monoisotopic (exact) mass is 405 g/mol. The van der Waals surface area contributed by atoms with Gasteiger partial charge in [-0.1, -0.05) is 6.08 Å². The Morgan fingerprint density at radius 2 is 1.97 bits per heavy atom. The van der Waals surface area contributed by atoms with Gasteiger partial charge in [-0.25, -0.2) is 4.98 Å². The van der Waals surface area contributed by atoms with E-state index in [9.17, 15) is 9.90 Å². The van der Waals surface area contributed by atoms with E-state index in [1.54, 1.807) is 0 Å². The summed E-state index contributed by atoms with van der Waals surface area (Å²) in [5, 5.41) is 17.9. The number of hydrogen-bond donors (Lipinski definition) is 3. The minimum atomic E-state index is -0.579. The molecule has 4 bridgehead atoms. The number of fused-ring (bicyclic) bond motifs is 1. The minimum Gasteiger partial charge on any atom is -0.390 e. The van der Waals surface area contributed by atoms with Crippen LogP contribution in [-0.4, -0.2) is 33.2 Å². The molecule has 4 N–H and O–H groups in total. The van der Waals surface area contributed by atoms with Crippen LogP contribution in [0.25, 0.3) is 0 Å². The first-order valence-corrected chi connectivity index (χ1v) is 11.1. The number of hydrogen-bond acceptors (Lipinski definition) is 4. The van der Waals surface area contributed by atoms with Gasteiger partial charge in [-0.2, -0.15) is 0 Å². The van der Waals surface area contributed by atoms with Crippen LogP contribution in [0, 0.1) is 11.8 Å². The first kappa shape index (κ1) is 18.2. The highest BCUT2D eigenvalue weighted by atomic mass is 16.3. The topological polar surface area (TPSA) is 78.7 Å². The number of nitrogens with zero attached hydrogens (tertiary/aromatic N) is 1. The quantitative estimate of drug-likeness (QED) is 0.713. The lowest BCUT2D eigenvalue weighted by Gasteiger charge is -2.60.